The van der Waals surface area contributed by atoms with Crippen molar-refractivity contribution in [2.45, 2.75) is 37.5 Å². The summed E-state index contributed by atoms with van der Waals surface area (Å²) in [7, 11) is 0. The maximum Gasteiger partial charge on any atom is 0.308 e. The molecule has 0 radical (unpaired) electrons. The van der Waals surface area contributed by atoms with Crippen LogP contribution >= 0.6 is 0 Å². The van der Waals surface area contributed by atoms with E-state index in [1.165, 1.54) is 0 Å². The van der Waals surface area contributed by atoms with Gasteiger partial charge in [0.1, 0.15) is 0 Å². The summed E-state index contributed by atoms with van der Waals surface area (Å²) >= 11 is 0. The second-order valence-corrected chi connectivity index (χ2v) is 6.23. The number of hydrogen-bond acceptors (Lipinski definition) is 2. The van der Waals surface area contributed by atoms with Crippen LogP contribution in [-0.2, 0) is 15.0 Å². The van der Waals surface area contributed by atoms with Gasteiger partial charge in [-0.2, -0.15) is 0 Å². The van der Waals surface area contributed by atoms with Crippen molar-refractivity contribution < 1.29 is 14.7 Å². The number of rotatable bonds is 3. The molecule has 1 atom stereocenters. The van der Waals surface area contributed by atoms with Gasteiger partial charge in [0.15, 0.2) is 0 Å². The number of hydrogen-bond donors (Lipinski definition) is 1. The Labute approximate surface area is 124 Å². The predicted molar refractivity (Wildman–Crippen MR) is 78.9 cm³/mol. The molecule has 21 heavy (non-hydrogen) atoms. The summed E-state index contributed by atoms with van der Waals surface area (Å²) in [4.78, 5) is 26.0. The number of benzene rings is 1. The first kappa shape index (κ1) is 14.1. The Bertz CT molecular complexity index is 536. The number of nitrogens with zero attached hydrogens (tertiary/aromatic N) is 1. The van der Waals surface area contributed by atoms with Gasteiger partial charge in [-0.05, 0) is 31.2 Å². The zero-order valence-corrected chi connectivity index (χ0v) is 12.1. The van der Waals surface area contributed by atoms with Crippen LogP contribution in [0.1, 0.15) is 37.7 Å². The van der Waals surface area contributed by atoms with Crippen LogP contribution in [-0.4, -0.2) is 35.0 Å². The highest BCUT2D eigenvalue weighted by atomic mass is 16.4. The van der Waals surface area contributed by atoms with Gasteiger partial charge in [0.25, 0.3) is 0 Å². The Morgan fingerprint density at radius 2 is 1.86 bits per heavy atom. The fourth-order valence-corrected chi connectivity index (χ4v) is 3.58. The molecule has 112 valence electrons. The maximum absolute atomic E-state index is 13.0. The lowest BCUT2D eigenvalue weighted by molar-refractivity contribution is -0.149. The van der Waals surface area contributed by atoms with Crippen LogP contribution in [0, 0.1) is 5.92 Å². The average Bonchev–Trinajstić information content (AvgIpc) is 2.47. The van der Waals surface area contributed by atoms with Crippen molar-refractivity contribution in [2.75, 3.05) is 13.1 Å². The van der Waals surface area contributed by atoms with E-state index in [2.05, 4.69) is 0 Å². The highest BCUT2D eigenvalue weighted by Gasteiger charge is 2.48. The van der Waals surface area contributed by atoms with Gasteiger partial charge in [0.2, 0.25) is 5.91 Å². The molecule has 4 heteroatoms. The van der Waals surface area contributed by atoms with Crippen molar-refractivity contribution in [2.24, 2.45) is 5.92 Å². The van der Waals surface area contributed by atoms with Gasteiger partial charge in [-0.25, -0.2) is 0 Å². The van der Waals surface area contributed by atoms with E-state index in [0.29, 0.717) is 19.5 Å². The van der Waals surface area contributed by atoms with E-state index in [9.17, 15) is 14.7 Å². The standard InChI is InChI=1S/C17H21NO3/c19-15(20)13-6-4-11-18(12-13)16(21)17(9-5-10-17)14-7-2-1-3-8-14/h1-3,7-8,13H,4-6,9-12H2,(H,19,20)/t13-/m1/s1. The van der Waals surface area contributed by atoms with Crippen molar-refractivity contribution in [3.05, 3.63) is 35.9 Å². The monoisotopic (exact) mass is 287 g/mol. The summed E-state index contributed by atoms with van der Waals surface area (Å²) in [6.07, 6.45) is 4.29. The van der Waals surface area contributed by atoms with E-state index in [1.807, 2.05) is 30.3 Å². The molecule has 1 saturated heterocycles. The van der Waals surface area contributed by atoms with Crippen LogP contribution in [0.4, 0.5) is 0 Å². The third kappa shape index (κ3) is 2.43. The molecular weight excluding hydrogens is 266 g/mol. The van der Waals surface area contributed by atoms with Crippen LogP contribution in [0.25, 0.3) is 0 Å². The van der Waals surface area contributed by atoms with Gasteiger partial charge >= 0.3 is 5.97 Å². The van der Waals surface area contributed by atoms with Crippen LogP contribution in [0.3, 0.4) is 0 Å². The number of carboxylic acids is 1. The van der Waals surface area contributed by atoms with Crippen molar-refractivity contribution >= 4 is 11.9 Å². The molecule has 1 saturated carbocycles. The molecule has 0 unspecified atom stereocenters. The first-order valence-corrected chi connectivity index (χ1v) is 7.71. The Morgan fingerprint density at radius 1 is 1.14 bits per heavy atom. The van der Waals surface area contributed by atoms with Gasteiger partial charge in [-0.3, -0.25) is 9.59 Å². The number of carbonyl (C=O) groups is 2. The second kappa shape index (κ2) is 5.51. The van der Waals surface area contributed by atoms with Crippen molar-refractivity contribution in [1.82, 2.24) is 4.90 Å². The highest BCUT2D eigenvalue weighted by Crippen LogP contribution is 2.45. The smallest absolute Gasteiger partial charge is 0.308 e. The highest BCUT2D eigenvalue weighted by molar-refractivity contribution is 5.89. The third-order valence-electron chi connectivity index (χ3n) is 5.00. The Balaban J connectivity index is 1.81. The fourth-order valence-electron chi connectivity index (χ4n) is 3.58. The van der Waals surface area contributed by atoms with E-state index in [1.54, 1.807) is 4.90 Å². The second-order valence-electron chi connectivity index (χ2n) is 6.23. The van der Waals surface area contributed by atoms with Gasteiger partial charge in [0, 0.05) is 13.1 Å². The van der Waals surface area contributed by atoms with E-state index >= 15 is 0 Å². The molecule has 0 aromatic heterocycles. The Morgan fingerprint density at radius 3 is 2.43 bits per heavy atom. The molecule has 4 nitrogen and oxygen atoms in total. The number of carboxylic acid groups (broad SMARTS) is 1. The first-order valence-electron chi connectivity index (χ1n) is 7.71. The summed E-state index contributed by atoms with van der Waals surface area (Å²) in [5, 5.41) is 9.19. The minimum absolute atomic E-state index is 0.130. The molecule has 2 fully saturated rings. The molecule has 2 aliphatic rings. The quantitative estimate of drug-likeness (QED) is 0.929. The molecule has 0 bridgehead atoms. The van der Waals surface area contributed by atoms with Crippen LogP contribution < -0.4 is 0 Å². The largest absolute Gasteiger partial charge is 0.481 e. The minimum atomic E-state index is -0.783. The van der Waals surface area contributed by atoms with E-state index in [4.69, 9.17) is 0 Å². The summed E-state index contributed by atoms with van der Waals surface area (Å²) < 4.78 is 0. The minimum Gasteiger partial charge on any atom is -0.481 e. The van der Waals surface area contributed by atoms with E-state index in [0.717, 1.165) is 31.2 Å². The first-order chi connectivity index (χ1) is 10.1. The maximum atomic E-state index is 13.0. The van der Waals surface area contributed by atoms with Crippen molar-refractivity contribution in [3.8, 4) is 0 Å². The number of amides is 1. The van der Waals surface area contributed by atoms with E-state index in [-0.39, 0.29) is 5.91 Å². The molecule has 1 heterocycles. The van der Waals surface area contributed by atoms with Gasteiger partial charge in [-0.1, -0.05) is 36.8 Å². The average molecular weight is 287 g/mol. The lowest BCUT2D eigenvalue weighted by Crippen LogP contribution is -2.54. The van der Waals surface area contributed by atoms with Crippen molar-refractivity contribution in [1.29, 1.82) is 0 Å². The number of carbonyl (C=O) groups excluding carboxylic acids is 1. The Hall–Kier alpha value is -1.84. The molecular formula is C17H21NO3. The molecule has 1 N–H and O–H groups in total. The molecule has 3 rings (SSSR count). The molecule has 1 aromatic rings. The number of piperidine rings is 1. The summed E-state index contributed by atoms with van der Waals surface area (Å²) in [6.45, 7) is 1.06. The molecule has 1 aromatic carbocycles. The number of likely N-dealkylation sites (tertiary alicyclic amines) is 1. The zero-order chi connectivity index (χ0) is 14.9. The van der Waals surface area contributed by atoms with Gasteiger partial charge < -0.3 is 10.0 Å². The molecule has 1 aliphatic heterocycles. The SMILES string of the molecule is O=C(O)[C@@H]1CCCN(C(=O)C2(c3ccccc3)CCC2)C1. The normalized spacial score (nSPS) is 24.2. The fraction of sp³-hybridized carbons (Fsp3) is 0.529. The summed E-state index contributed by atoms with van der Waals surface area (Å²) in [5.41, 5.74) is 0.681. The third-order valence-corrected chi connectivity index (χ3v) is 5.00. The molecule has 1 amide bonds. The molecule has 1 aliphatic carbocycles. The summed E-state index contributed by atoms with van der Waals surface area (Å²) in [5.74, 6) is -1.06. The number of aliphatic carboxylic acids is 1. The van der Waals surface area contributed by atoms with Crippen LogP contribution in [0.15, 0.2) is 30.3 Å². The predicted octanol–water partition coefficient (Wildman–Crippen LogP) is 2.43. The lowest BCUT2D eigenvalue weighted by atomic mass is 9.63. The zero-order valence-electron chi connectivity index (χ0n) is 12.1. The van der Waals surface area contributed by atoms with Gasteiger partial charge in [0.05, 0.1) is 11.3 Å². The summed E-state index contributed by atoms with van der Waals surface area (Å²) in [6, 6.07) is 9.95. The van der Waals surface area contributed by atoms with Crippen molar-refractivity contribution in [3.63, 3.8) is 0 Å². The van der Waals surface area contributed by atoms with E-state index < -0.39 is 17.3 Å². The van der Waals surface area contributed by atoms with Gasteiger partial charge in [-0.15, -0.1) is 0 Å². The van der Waals surface area contributed by atoms with Crippen LogP contribution in [0.5, 0.6) is 0 Å². The molecule has 0 spiro atoms. The Kier molecular flexibility index (Phi) is 3.70. The topological polar surface area (TPSA) is 57.6 Å². The lowest BCUT2D eigenvalue weighted by Gasteiger charge is -2.45. The van der Waals surface area contributed by atoms with Crippen LogP contribution in [0.2, 0.25) is 0 Å².